The number of hydrogen-bond donors (Lipinski definition) is 1. The minimum Gasteiger partial charge on any atom is -0.497 e. The quantitative estimate of drug-likeness (QED) is 0.903. The summed E-state index contributed by atoms with van der Waals surface area (Å²) in [6.07, 6.45) is 4.92. The molecule has 0 saturated carbocycles. The van der Waals surface area contributed by atoms with E-state index >= 15 is 0 Å². The van der Waals surface area contributed by atoms with Crippen LogP contribution in [0.25, 0.3) is 0 Å². The van der Waals surface area contributed by atoms with Crippen molar-refractivity contribution >= 4 is 0 Å². The van der Waals surface area contributed by atoms with Crippen LogP contribution in [0.4, 0.5) is 0 Å². The van der Waals surface area contributed by atoms with Crippen molar-refractivity contribution in [2.45, 2.75) is 37.6 Å². The van der Waals surface area contributed by atoms with E-state index in [9.17, 15) is 0 Å². The lowest BCUT2D eigenvalue weighted by Gasteiger charge is -2.27. The predicted molar refractivity (Wildman–Crippen MR) is 75.9 cm³/mol. The molecule has 0 radical (unpaired) electrons. The van der Waals surface area contributed by atoms with E-state index in [4.69, 9.17) is 9.47 Å². The number of nitrogens with one attached hydrogen (secondary N) is 1. The molecule has 3 heteroatoms. The van der Waals surface area contributed by atoms with Gasteiger partial charge in [-0.25, -0.2) is 0 Å². The van der Waals surface area contributed by atoms with E-state index < -0.39 is 0 Å². The third-order valence-corrected chi connectivity index (χ3v) is 4.37. The maximum Gasteiger partial charge on any atom is 0.119 e. The summed E-state index contributed by atoms with van der Waals surface area (Å²) in [6, 6.07) is 7.12. The smallest absolute Gasteiger partial charge is 0.119 e. The van der Waals surface area contributed by atoms with Gasteiger partial charge >= 0.3 is 0 Å². The van der Waals surface area contributed by atoms with Crippen molar-refractivity contribution in [3.63, 3.8) is 0 Å². The largest absolute Gasteiger partial charge is 0.497 e. The second-order valence-corrected chi connectivity index (χ2v) is 5.62. The third-order valence-electron chi connectivity index (χ3n) is 4.37. The molecule has 1 aromatic rings. The summed E-state index contributed by atoms with van der Waals surface area (Å²) < 4.78 is 10.7. The first kappa shape index (κ1) is 12.9. The van der Waals surface area contributed by atoms with Crippen LogP contribution in [0.3, 0.4) is 0 Å². The molecule has 1 aliphatic heterocycles. The standard InChI is InChI=1S/C16H23NO2/c1-18-15-5-6-16-12(9-15)3-2-4-13(16)10-17-14-7-8-19-11-14/h5-6,9,13-14,17H,2-4,7-8,10-11H2,1H3/t13-,14-/m1/s1. The lowest BCUT2D eigenvalue weighted by atomic mass is 9.82. The molecule has 2 atom stereocenters. The fraction of sp³-hybridized carbons (Fsp3) is 0.625. The van der Waals surface area contributed by atoms with E-state index in [1.807, 2.05) is 0 Å². The summed E-state index contributed by atoms with van der Waals surface area (Å²) in [6.45, 7) is 2.87. The molecule has 1 saturated heterocycles. The van der Waals surface area contributed by atoms with Crippen molar-refractivity contribution in [3.8, 4) is 5.75 Å². The third kappa shape index (κ3) is 2.93. The molecule has 0 bridgehead atoms. The molecule has 2 aliphatic rings. The fourth-order valence-electron chi connectivity index (χ4n) is 3.23. The SMILES string of the molecule is COc1ccc2c(c1)CCC[C@@H]2CN[C@@H]1CCOC1. The number of ether oxygens (including phenoxy) is 2. The van der Waals surface area contributed by atoms with Crippen LogP contribution in [-0.2, 0) is 11.2 Å². The van der Waals surface area contributed by atoms with Gasteiger partial charge in [0.1, 0.15) is 5.75 Å². The molecule has 0 amide bonds. The highest BCUT2D eigenvalue weighted by Gasteiger charge is 2.22. The monoisotopic (exact) mass is 261 g/mol. The van der Waals surface area contributed by atoms with Gasteiger partial charge in [-0.2, -0.15) is 0 Å². The van der Waals surface area contributed by atoms with Gasteiger partial charge in [0.25, 0.3) is 0 Å². The molecule has 0 unspecified atom stereocenters. The number of rotatable bonds is 4. The molecule has 0 aromatic heterocycles. The second kappa shape index (κ2) is 5.93. The number of aryl methyl sites for hydroxylation is 1. The van der Waals surface area contributed by atoms with E-state index in [0.717, 1.165) is 31.9 Å². The van der Waals surface area contributed by atoms with Crippen molar-refractivity contribution in [2.75, 3.05) is 26.9 Å². The first-order valence-electron chi connectivity index (χ1n) is 7.35. The van der Waals surface area contributed by atoms with Crippen LogP contribution in [0.15, 0.2) is 18.2 Å². The summed E-state index contributed by atoms with van der Waals surface area (Å²) in [4.78, 5) is 0. The van der Waals surface area contributed by atoms with E-state index in [-0.39, 0.29) is 0 Å². The highest BCUT2D eigenvalue weighted by atomic mass is 16.5. The lowest BCUT2D eigenvalue weighted by molar-refractivity contribution is 0.189. The Morgan fingerprint density at radius 2 is 2.32 bits per heavy atom. The van der Waals surface area contributed by atoms with Gasteiger partial charge < -0.3 is 14.8 Å². The molecule has 1 fully saturated rings. The first-order chi connectivity index (χ1) is 9.36. The van der Waals surface area contributed by atoms with E-state index in [0.29, 0.717) is 12.0 Å². The minimum absolute atomic E-state index is 0.559. The lowest BCUT2D eigenvalue weighted by Crippen LogP contribution is -2.33. The number of benzene rings is 1. The van der Waals surface area contributed by atoms with Crippen molar-refractivity contribution in [3.05, 3.63) is 29.3 Å². The molecular weight excluding hydrogens is 238 g/mol. The van der Waals surface area contributed by atoms with Crippen LogP contribution in [0, 0.1) is 0 Å². The van der Waals surface area contributed by atoms with Gasteiger partial charge in [-0.1, -0.05) is 6.07 Å². The second-order valence-electron chi connectivity index (χ2n) is 5.62. The van der Waals surface area contributed by atoms with Crippen molar-refractivity contribution in [1.29, 1.82) is 0 Å². The van der Waals surface area contributed by atoms with Crippen LogP contribution in [0.5, 0.6) is 5.75 Å². The van der Waals surface area contributed by atoms with E-state index in [2.05, 4.69) is 23.5 Å². The summed E-state index contributed by atoms with van der Waals surface area (Å²) in [5.74, 6) is 1.63. The van der Waals surface area contributed by atoms with Gasteiger partial charge in [0.05, 0.1) is 13.7 Å². The zero-order valence-electron chi connectivity index (χ0n) is 11.7. The number of hydrogen-bond acceptors (Lipinski definition) is 3. The fourth-order valence-corrected chi connectivity index (χ4v) is 3.23. The summed E-state index contributed by atoms with van der Waals surface area (Å²) in [5.41, 5.74) is 2.98. The van der Waals surface area contributed by atoms with Gasteiger partial charge in [0, 0.05) is 19.2 Å². The Labute approximate surface area is 115 Å². The molecule has 0 spiro atoms. The van der Waals surface area contributed by atoms with Crippen LogP contribution >= 0.6 is 0 Å². The van der Waals surface area contributed by atoms with Crippen molar-refractivity contribution < 1.29 is 9.47 Å². The van der Waals surface area contributed by atoms with Gasteiger partial charge in [-0.3, -0.25) is 0 Å². The average molecular weight is 261 g/mol. The maximum absolute atomic E-state index is 5.42. The van der Waals surface area contributed by atoms with Crippen LogP contribution in [-0.4, -0.2) is 32.9 Å². The summed E-state index contributed by atoms with van der Waals surface area (Å²) in [5, 5.41) is 3.66. The summed E-state index contributed by atoms with van der Waals surface area (Å²) >= 11 is 0. The molecule has 3 nitrogen and oxygen atoms in total. The molecule has 1 aliphatic carbocycles. The maximum atomic E-state index is 5.42. The molecule has 3 rings (SSSR count). The van der Waals surface area contributed by atoms with Crippen LogP contribution in [0.1, 0.15) is 36.3 Å². The molecule has 1 heterocycles. The van der Waals surface area contributed by atoms with Crippen LogP contribution < -0.4 is 10.1 Å². The summed E-state index contributed by atoms with van der Waals surface area (Å²) in [7, 11) is 1.74. The van der Waals surface area contributed by atoms with Gasteiger partial charge in [0.2, 0.25) is 0 Å². The zero-order valence-corrected chi connectivity index (χ0v) is 11.7. The molecule has 1 aromatic carbocycles. The zero-order chi connectivity index (χ0) is 13.1. The average Bonchev–Trinajstić information content (AvgIpc) is 2.97. The number of fused-ring (bicyclic) bond motifs is 1. The number of methoxy groups -OCH3 is 1. The minimum atomic E-state index is 0.559. The van der Waals surface area contributed by atoms with Gasteiger partial charge in [0.15, 0.2) is 0 Å². The van der Waals surface area contributed by atoms with Gasteiger partial charge in [-0.05, 0) is 54.9 Å². The van der Waals surface area contributed by atoms with Gasteiger partial charge in [-0.15, -0.1) is 0 Å². The molecule has 19 heavy (non-hydrogen) atoms. The predicted octanol–water partition coefficient (Wildman–Crippen LogP) is 2.49. The van der Waals surface area contributed by atoms with E-state index in [1.54, 1.807) is 7.11 Å². The Kier molecular flexibility index (Phi) is 4.04. The Morgan fingerprint density at radius 3 is 3.11 bits per heavy atom. The van der Waals surface area contributed by atoms with E-state index in [1.165, 1.54) is 30.4 Å². The Balaban J connectivity index is 1.67. The van der Waals surface area contributed by atoms with Crippen LogP contribution in [0.2, 0.25) is 0 Å². The topological polar surface area (TPSA) is 30.5 Å². The Hall–Kier alpha value is -1.06. The Morgan fingerprint density at radius 1 is 1.37 bits per heavy atom. The highest BCUT2D eigenvalue weighted by Crippen LogP contribution is 2.33. The molecular formula is C16H23NO2. The Bertz CT molecular complexity index is 427. The molecule has 104 valence electrons. The first-order valence-corrected chi connectivity index (χ1v) is 7.35. The van der Waals surface area contributed by atoms with Crippen molar-refractivity contribution in [2.24, 2.45) is 0 Å². The van der Waals surface area contributed by atoms with Crippen molar-refractivity contribution in [1.82, 2.24) is 5.32 Å². The highest BCUT2D eigenvalue weighted by molar-refractivity contribution is 5.39. The normalized spacial score (nSPS) is 26.2. The molecule has 1 N–H and O–H groups in total.